The lowest BCUT2D eigenvalue weighted by Crippen LogP contribution is -2.44. The molecular weight excluding hydrogens is 494 g/mol. The van der Waals surface area contributed by atoms with Crippen LogP contribution in [0.1, 0.15) is 18.4 Å². The van der Waals surface area contributed by atoms with Gasteiger partial charge in [0.05, 0.1) is 5.52 Å². The zero-order valence-corrected chi connectivity index (χ0v) is 21.4. The highest BCUT2D eigenvalue weighted by Crippen LogP contribution is 2.30. The lowest BCUT2D eigenvalue weighted by Gasteiger charge is -2.33. The van der Waals surface area contributed by atoms with Crippen LogP contribution in [0.15, 0.2) is 74.1 Å². The van der Waals surface area contributed by atoms with Crippen molar-refractivity contribution in [3.05, 3.63) is 79.7 Å². The van der Waals surface area contributed by atoms with Crippen molar-refractivity contribution in [2.45, 2.75) is 25.8 Å². The number of aromatic nitrogens is 6. The minimum Gasteiger partial charge on any atom is -0.439 e. The number of carbonyl (C=O) groups is 1. The lowest BCUT2D eigenvalue weighted by molar-refractivity contribution is -0.127. The Balaban J connectivity index is 1.19. The molecule has 0 unspecified atom stereocenters. The molecule has 4 heterocycles. The number of rotatable bonds is 7. The standard InChI is InChI=1S/C28H27N9O2/c1-3-27(38)36-10-4-5-21(14-36)33-20-6-8-23-22(12-20)28(30-15-29-23)34-19-7-9-24(18(2)11-19)39-26-13-25-35-32-17-37(25)16-31-26/h3,6-9,11-13,15-17,21,33H,1,4-5,10,14H2,2H3,(H,29,30,34)/t21-/m0/s1. The van der Waals surface area contributed by atoms with E-state index in [1.54, 1.807) is 29.4 Å². The van der Waals surface area contributed by atoms with Gasteiger partial charge in [-0.3, -0.25) is 9.20 Å². The Morgan fingerprint density at radius 1 is 1.10 bits per heavy atom. The fourth-order valence-electron chi connectivity index (χ4n) is 4.76. The number of nitrogens with one attached hydrogen (secondary N) is 2. The quantitative estimate of drug-likeness (QED) is 0.298. The van der Waals surface area contributed by atoms with Gasteiger partial charge in [-0.1, -0.05) is 6.58 Å². The van der Waals surface area contributed by atoms with Crippen LogP contribution in [0, 0.1) is 6.92 Å². The summed E-state index contributed by atoms with van der Waals surface area (Å²) in [7, 11) is 0. The summed E-state index contributed by atoms with van der Waals surface area (Å²) in [5, 5.41) is 15.8. The van der Waals surface area contributed by atoms with Crippen LogP contribution in [-0.4, -0.2) is 59.5 Å². The van der Waals surface area contributed by atoms with E-state index in [0.717, 1.165) is 47.2 Å². The molecule has 1 atom stereocenters. The molecule has 1 aliphatic rings. The highest BCUT2D eigenvalue weighted by atomic mass is 16.5. The van der Waals surface area contributed by atoms with Crippen molar-refractivity contribution in [1.29, 1.82) is 0 Å². The van der Waals surface area contributed by atoms with E-state index < -0.39 is 0 Å². The molecule has 1 aliphatic heterocycles. The molecule has 11 nitrogen and oxygen atoms in total. The molecule has 6 rings (SSSR count). The van der Waals surface area contributed by atoms with E-state index in [9.17, 15) is 4.79 Å². The molecule has 1 amide bonds. The van der Waals surface area contributed by atoms with E-state index in [4.69, 9.17) is 4.74 Å². The number of fused-ring (bicyclic) bond motifs is 2. The van der Waals surface area contributed by atoms with Crippen molar-refractivity contribution >= 4 is 39.6 Å². The van der Waals surface area contributed by atoms with Gasteiger partial charge >= 0.3 is 0 Å². The molecule has 39 heavy (non-hydrogen) atoms. The van der Waals surface area contributed by atoms with E-state index in [0.29, 0.717) is 29.6 Å². The third-order valence-electron chi connectivity index (χ3n) is 6.73. The number of anilines is 3. The Morgan fingerprint density at radius 3 is 2.87 bits per heavy atom. The molecule has 0 aliphatic carbocycles. The summed E-state index contributed by atoms with van der Waals surface area (Å²) in [4.78, 5) is 27.2. The van der Waals surface area contributed by atoms with Gasteiger partial charge in [0.25, 0.3) is 0 Å². The van der Waals surface area contributed by atoms with Crippen LogP contribution < -0.4 is 15.4 Å². The van der Waals surface area contributed by atoms with Crippen LogP contribution in [0.25, 0.3) is 16.6 Å². The summed E-state index contributed by atoms with van der Waals surface area (Å²) in [5.74, 6) is 1.80. The van der Waals surface area contributed by atoms with Gasteiger partial charge < -0.3 is 20.3 Å². The Morgan fingerprint density at radius 2 is 2.00 bits per heavy atom. The van der Waals surface area contributed by atoms with E-state index in [2.05, 4.69) is 42.4 Å². The minimum absolute atomic E-state index is 0.0285. The molecule has 0 radical (unpaired) electrons. The monoisotopic (exact) mass is 521 g/mol. The maximum Gasteiger partial charge on any atom is 0.246 e. The molecule has 0 bridgehead atoms. The lowest BCUT2D eigenvalue weighted by atomic mass is 10.0. The third-order valence-corrected chi connectivity index (χ3v) is 6.73. The number of amides is 1. The number of benzene rings is 2. The van der Waals surface area contributed by atoms with Gasteiger partial charge in [-0.15, -0.1) is 10.2 Å². The number of ether oxygens (including phenoxy) is 1. The molecule has 5 aromatic rings. The van der Waals surface area contributed by atoms with Crippen LogP contribution in [0.2, 0.25) is 0 Å². The molecule has 3 aromatic heterocycles. The number of likely N-dealkylation sites (tertiary alicyclic amines) is 1. The van der Waals surface area contributed by atoms with E-state index in [1.165, 1.54) is 6.08 Å². The van der Waals surface area contributed by atoms with Gasteiger partial charge in [0.15, 0.2) is 5.65 Å². The third kappa shape index (κ3) is 5.19. The number of hydrogen-bond acceptors (Lipinski definition) is 9. The number of carbonyl (C=O) groups excluding carboxylic acids is 1. The topological polar surface area (TPSA) is 122 Å². The second kappa shape index (κ2) is 10.4. The van der Waals surface area contributed by atoms with Gasteiger partial charge in [-0.2, -0.15) is 0 Å². The molecule has 2 aromatic carbocycles. The first kappa shape index (κ1) is 24.3. The zero-order valence-electron chi connectivity index (χ0n) is 21.4. The Bertz CT molecular complexity index is 1680. The Kier molecular flexibility index (Phi) is 6.45. The largest absolute Gasteiger partial charge is 0.439 e. The van der Waals surface area contributed by atoms with Gasteiger partial charge in [-0.25, -0.2) is 15.0 Å². The summed E-state index contributed by atoms with van der Waals surface area (Å²) in [5.41, 5.74) is 4.24. The molecule has 2 N–H and O–H groups in total. The summed E-state index contributed by atoms with van der Waals surface area (Å²) >= 11 is 0. The summed E-state index contributed by atoms with van der Waals surface area (Å²) in [6, 6.07) is 13.7. The predicted octanol–water partition coefficient (Wildman–Crippen LogP) is 4.50. The maximum atomic E-state index is 12.1. The van der Waals surface area contributed by atoms with E-state index in [1.807, 2.05) is 48.2 Å². The van der Waals surface area contributed by atoms with E-state index >= 15 is 0 Å². The van der Waals surface area contributed by atoms with Crippen LogP contribution in [0.4, 0.5) is 17.2 Å². The van der Waals surface area contributed by atoms with Crippen LogP contribution in [0.3, 0.4) is 0 Å². The summed E-state index contributed by atoms with van der Waals surface area (Å²) < 4.78 is 7.71. The number of hydrogen-bond donors (Lipinski definition) is 2. The number of aryl methyl sites for hydroxylation is 1. The van der Waals surface area contributed by atoms with Gasteiger partial charge in [0.1, 0.15) is 30.5 Å². The molecule has 196 valence electrons. The molecule has 0 spiro atoms. The minimum atomic E-state index is -0.0285. The summed E-state index contributed by atoms with van der Waals surface area (Å²) in [6.45, 7) is 7.00. The van der Waals surface area contributed by atoms with E-state index in [-0.39, 0.29) is 11.9 Å². The fourth-order valence-corrected chi connectivity index (χ4v) is 4.76. The molecule has 0 saturated carbocycles. The molecule has 11 heteroatoms. The summed E-state index contributed by atoms with van der Waals surface area (Å²) in [6.07, 6.45) is 8.07. The smallest absolute Gasteiger partial charge is 0.246 e. The van der Waals surface area contributed by atoms with Gasteiger partial charge in [0.2, 0.25) is 11.8 Å². The number of piperidine rings is 1. The highest BCUT2D eigenvalue weighted by Gasteiger charge is 2.22. The van der Waals surface area contributed by atoms with Gasteiger partial charge in [0, 0.05) is 42.0 Å². The van der Waals surface area contributed by atoms with Crippen molar-refractivity contribution in [1.82, 2.24) is 34.4 Å². The Hall–Kier alpha value is -5.06. The number of nitrogens with zero attached hydrogens (tertiary/aromatic N) is 7. The normalized spacial score (nSPS) is 15.3. The second-order valence-electron chi connectivity index (χ2n) is 9.46. The van der Waals surface area contributed by atoms with Crippen molar-refractivity contribution < 1.29 is 9.53 Å². The second-order valence-corrected chi connectivity index (χ2v) is 9.46. The average molecular weight is 522 g/mol. The first-order valence-corrected chi connectivity index (χ1v) is 12.7. The first-order valence-electron chi connectivity index (χ1n) is 12.7. The van der Waals surface area contributed by atoms with Crippen LogP contribution in [0.5, 0.6) is 11.6 Å². The molecule has 1 saturated heterocycles. The first-order chi connectivity index (χ1) is 19.1. The molecule has 1 fully saturated rings. The maximum absolute atomic E-state index is 12.1. The fraction of sp³-hybridized carbons (Fsp3) is 0.214. The highest BCUT2D eigenvalue weighted by molar-refractivity contribution is 5.93. The van der Waals surface area contributed by atoms with Crippen LogP contribution in [-0.2, 0) is 4.79 Å². The van der Waals surface area contributed by atoms with Crippen molar-refractivity contribution in [3.63, 3.8) is 0 Å². The van der Waals surface area contributed by atoms with Crippen molar-refractivity contribution in [2.75, 3.05) is 23.7 Å². The average Bonchev–Trinajstić information content (AvgIpc) is 3.43. The van der Waals surface area contributed by atoms with Gasteiger partial charge in [-0.05, 0) is 67.8 Å². The SMILES string of the molecule is C=CC(=O)N1CCC[C@H](Nc2ccc3ncnc(Nc4ccc(Oc5cc6nncn6cn5)c(C)c4)c3c2)C1. The van der Waals surface area contributed by atoms with Crippen molar-refractivity contribution in [3.8, 4) is 11.6 Å². The predicted molar refractivity (Wildman–Crippen MR) is 148 cm³/mol. The van der Waals surface area contributed by atoms with Crippen LogP contribution >= 0.6 is 0 Å². The Labute approximate surface area is 224 Å². The molecular formula is C28H27N9O2. The zero-order chi connectivity index (χ0) is 26.8. The van der Waals surface area contributed by atoms with Crippen molar-refractivity contribution in [2.24, 2.45) is 0 Å².